The molecule has 3 rings (SSSR count). The number of ether oxygens (including phenoxy) is 2. The molecule has 2 atom stereocenters. The number of hydrogen-bond donors (Lipinski definition) is 2. The number of rotatable bonds is 12. The van der Waals surface area contributed by atoms with Crippen LogP contribution in [-0.4, -0.2) is 50.2 Å². The fourth-order valence-electron chi connectivity index (χ4n) is 4.13. The van der Waals surface area contributed by atoms with Crippen LogP contribution in [0.1, 0.15) is 40.2 Å². The average Bonchev–Trinajstić information content (AvgIpc) is 2.97. The molecule has 8 nitrogen and oxygen atoms in total. The molecule has 0 aliphatic heterocycles. The Bertz CT molecular complexity index is 1480. The maximum absolute atomic E-state index is 14.4. The van der Waals surface area contributed by atoms with E-state index in [2.05, 4.69) is 15.6 Å². The van der Waals surface area contributed by atoms with E-state index in [0.29, 0.717) is 16.3 Å². The Morgan fingerprint density at radius 2 is 1.59 bits per heavy atom. The van der Waals surface area contributed by atoms with Crippen molar-refractivity contribution in [2.24, 2.45) is 5.92 Å². The molecule has 2 N–H and O–H groups in total. The van der Waals surface area contributed by atoms with E-state index in [1.54, 1.807) is 69.4 Å². The lowest BCUT2D eigenvalue weighted by molar-refractivity contribution is -0.210. The summed E-state index contributed by atoms with van der Waals surface area (Å²) in [6.07, 6.45) is -7.77. The first-order valence-corrected chi connectivity index (χ1v) is 18.1. The molecule has 0 fully saturated rings. The van der Waals surface area contributed by atoms with E-state index in [9.17, 15) is 22.8 Å². The monoisotopic (exact) mass is 679 g/mol. The van der Waals surface area contributed by atoms with Crippen molar-refractivity contribution in [1.29, 1.82) is 0 Å². The van der Waals surface area contributed by atoms with E-state index in [1.807, 2.05) is 39.0 Å². The smallest absolute Gasteiger partial charge is 0.415 e. The number of carbonyl (C=O) groups excluding carboxylic acids is 2. The van der Waals surface area contributed by atoms with Crippen LogP contribution in [0.2, 0.25) is 23.2 Å². The second kappa shape index (κ2) is 15.3. The van der Waals surface area contributed by atoms with Crippen LogP contribution < -0.4 is 15.4 Å². The third kappa shape index (κ3) is 10.2. The molecule has 0 bridgehead atoms. The Labute approximate surface area is 274 Å². The van der Waals surface area contributed by atoms with Gasteiger partial charge in [-0.05, 0) is 47.8 Å². The standard InChI is InChI=1S/C33H41ClF3N3O5Si/c1-21(2)28(29(33(35,36)37)45-46(6,7)32(3,4)5)40-27(41)20-43-30-26(39-31(42)44-19-22-13-9-8-10-14-22)18-17-25(38-30)23-15-11-12-16-24(23)34/h8-18,21,28-29H,19-20H2,1-7H3,(H,39,42)(H,40,41). The van der Waals surface area contributed by atoms with E-state index < -0.39 is 56.2 Å². The van der Waals surface area contributed by atoms with Crippen molar-refractivity contribution < 1.29 is 36.7 Å². The van der Waals surface area contributed by atoms with E-state index >= 15 is 0 Å². The Kier molecular flexibility index (Phi) is 12.3. The molecule has 46 heavy (non-hydrogen) atoms. The van der Waals surface area contributed by atoms with Crippen molar-refractivity contribution in [3.8, 4) is 17.1 Å². The molecule has 2 amide bonds. The largest absolute Gasteiger partial charge is 0.466 e. The number of nitrogens with zero attached hydrogens (tertiary/aromatic N) is 1. The quantitative estimate of drug-likeness (QED) is 0.186. The second-order valence-electron chi connectivity index (χ2n) is 12.7. The van der Waals surface area contributed by atoms with Crippen LogP contribution in [0, 0.1) is 5.92 Å². The van der Waals surface area contributed by atoms with E-state index in [-0.39, 0.29) is 18.2 Å². The van der Waals surface area contributed by atoms with Crippen molar-refractivity contribution in [3.63, 3.8) is 0 Å². The number of pyridine rings is 1. The molecule has 1 aromatic heterocycles. The summed E-state index contributed by atoms with van der Waals surface area (Å²) in [5.74, 6) is -1.61. The lowest BCUT2D eigenvalue weighted by Gasteiger charge is -2.42. The fraction of sp³-hybridized carbons (Fsp3) is 0.424. The lowest BCUT2D eigenvalue weighted by Crippen LogP contribution is -2.59. The van der Waals surface area contributed by atoms with Gasteiger partial charge in [0, 0.05) is 10.6 Å². The van der Waals surface area contributed by atoms with Gasteiger partial charge < -0.3 is 19.2 Å². The Morgan fingerprint density at radius 3 is 2.17 bits per heavy atom. The van der Waals surface area contributed by atoms with Gasteiger partial charge in [-0.3, -0.25) is 10.1 Å². The number of anilines is 1. The third-order valence-electron chi connectivity index (χ3n) is 7.72. The topological polar surface area (TPSA) is 98.8 Å². The number of hydrogen-bond acceptors (Lipinski definition) is 6. The molecular weight excluding hydrogens is 639 g/mol. The summed E-state index contributed by atoms with van der Waals surface area (Å²) in [4.78, 5) is 30.2. The van der Waals surface area contributed by atoms with Gasteiger partial charge in [-0.15, -0.1) is 0 Å². The molecule has 1 heterocycles. The molecule has 13 heteroatoms. The van der Waals surface area contributed by atoms with Crippen molar-refractivity contribution in [2.75, 3.05) is 11.9 Å². The average molecular weight is 680 g/mol. The Morgan fingerprint density at radius 1 is 0.957 bits per heavy atom. The number of halogens is 4. The predicted molar refractivity (Wildman–Crippen MR) is 175 cm³/mol. The van der Waals surface area contributed by atoms with Gasteiger partial charge in [0.2, 0.25) is 5.88 Å². The third-order valence-corrected chi connectivity index (χ3v) is 12.5. The lowest BCUT2D eigenvalue weighted by atomic mass is 9.98. The normalized spacial score (nSPS) is 13.6. The van der Waals surface area contributed by atoms with Crippen LogP contribution in [0.3, 0.4) is 0 Å². The minimum absolute atomic E-state index is 0.00428. The number of nitrogens with one attached hydrogen (secondary N) is 2. The number of carbonyl (C=O) groups is 2. The van der Waals surface area contributed by atoms with Gasteiger partial charge >= 0.3 is 12.3 Å². The molecule has 0 saturated heterocycles. The van der Waals surface area contributed by atoms with Crippen molar-refractivity contribution in [2.45, 2.75) is 77.7 Å². The zero-order chi connectivity index (χ0) is 34.3. The fourth-order valence-corrected chi connectivity index (χ4v) is 5.63. The molecule has 0 aliphatic carbocycles. The zero-order valence-electron chi connectivity index (χ0n) is 27.0. The van der Waals surface area contributed by atoms with E-state index in [1.165, 1.54) is 6.07 Å². The van der Waals surface area contributed by atoms with Gasteiger partial charge in [0.15, 0.2) is 21.0 Å². The zero-order valence-corrected chi connectivity index (χ0v) is 28.8. The minimum Gasteiger partial charge on any atom is -0.466 e. The van der Waals surface area contributed by atoms with Crippen molar-refractivity contribution in [3.05, 3.63) is 77.3 Å². The first-order valence-electron chi connectivity index (χ1n) is 14.8. The van der Waals surface area contributed by atoms with Gasteiger partial charge in [-0.2, -0.15) is 13.2 Å². The molecule has 0 spiro atoms. The van der Waals surface area contributed by atoms with E-state index in [4.69, 9.17) is 25.5 Å². The van der Waals surface area contributed by atoms with Crippen molar-refractivity contribution >= 4 is 37.6 Å². The second-order valence-corrected chi connectivity index (χ2v) is 17.8. The molecule has 3 aromatic rings. The highest BCUT2D eigenvalue weighted by Gasteiger charge is 2.52. The van der Waals surface area contributed by atoms with Crippen LogP contribution in [0.25, 0.3) is 11.3 Å². The summed E-state index contributed by atoms with van der Waals surface area (Å²) in [7, 11) is -2.88. The molecule has 2 unspecified atom stereocenters. The SMILES string of the molecule is CC(C)C(NC(=O)COc1nc(-c2ccccc2Cl)ccc1NC(=O)OCc1ccccc1)C(O[Si](C)(C)C(C)(C)C)C(F)(F)F. The summed E-state index contributed by atoms with van der Waals surface area (Å²) >= 11 is 6.35. The van der Waals surface area contributed by atoms with Crippen LogP contribution in [0.5, 0.6) is 5.88 Å². The molecule has 2 aromatic carbocycles. The summed E-state index contributed by atoms with van der Waals surface area (Å²) in [6, 6.07) is 17.7. The maximum Gasteiger partial charge on any atom is 0.415 e. The first-order chi connectivity index (χ1) is 21.4. The molecule has 0 aliphatic rings. The number of benzene rings is 2. The number of amides is 2. The number of alkyl halides is 3. The predicted octanol–water partition coefficient (Wildman–Crippen LogP) is 8.62. The summed E-state index contributed by atoms with van der Waals surface area (Å²) in [5, 5.41) is 4.94. The van der Waals surface area contributed by atoms with E-state index in [0.717, 1.165) is 5.56 Å². The molecular formula is C33H41ClF3N3O5Si. The highest BCUT2D eigenvalue weighted by molar-refractivity contribution is 6.74. The summed E-state index contributed by atoms with van der Waals surface area (Å²) < 4.78 is 60.0. The maximum atomic E-state index is 14.4. The highest BCUT2D eigenvalue weighted by atomic mass is 35.5. The molecule has 0 radical (unpaired) electrons. The van der Waals surface area contributed by atoms with Gasteiger partial charge in [-0.25, -0.2) is 9.78 Å². The van der Waals surface area contributed by atoms with Crippen molar-refractivity contribution in [1.82, 2.24) is 10.3 Å². The molecule has 250 valence electrons. The Hall–Kier alpha value is -3.61. The van der Waals surface area contributed by atoms with Gasteiger partial charge in [0.1, 0.15) is 12.3 Å². The Balaban J connectivity index is 1.83. The van der Waals surface area contributed by atoms with Crippen LogP contribution in [0.15, 0.2) is 66.7 Å². The van der Waals surface area contributed by atoms with Crippen LogP contribution in [-0.2, 0) is 20.6 Å². The highest BCUT2D eigenvalue weighted by Crippen LogP contribution is 2.41. The van der Waals surface area contributed by atoms with Gasteiger partial charge in [0.05, 0.1) is 11.7 Å². The van der Waals surface area contributed by atoms with Crippen LogP contribution >= 0.6 is 11.6 Å². The van der Waals surface area contributed by atoms with Gasteiger partial charge in [0.25, 0.3) is 5.91 Å². The summed E-state index contributed by atoms with van der Waals surface area (Å²) in [6.45, 7) is 11.5. The minimum atomic E-state index is -4.74. The summed E-state index contributed by atoms with van der Waals surface area (Å²) in [5.41, 5.74) is 1.79. The van der Waals surface area contributed by atoms with Crippen LogP contribution in [0.4, 0.5) is 23.7 Å². The molecule has 0 saturated carbocycles. The first kappa shape index (κ1) is 36.9. The van der Waals surface area contributed by atoms with Gasteiger partial charge in [-0.1, -0.05) is 94.8 Å². The number of aromatic nitrogens is 1.